The summed E-state index contributed by atoms with van der Waals surface area (Å²) in [5.74, 6) is -2.15. The molecule has 176 valence electrons. The molecule has 34 heavy (non-hydrogen) atoms. The van der Waals surface area contributed by atoms with Crippen LogP contribution >= 0.6 is 11.3 Å². The summed E-state index contributed by atoms with van der Waals surface area (Å²) in [5, 5.41) is 2.96. The van der Waals surface area contributed by atoms with E-state index in [-0.39, 0.29) is 29.1 Å². The molecular formula is C20H16F2N6O4S2. The zero-order valence-electron chi connectivity index (χ0n) is 17.9. The van der Waals surface area contributed by atoms with Crippen molar-refractivity contribution in [1.82, 2.24) is 19.9 Å². The Morgan fingerprint density at radius 1 is 1.21 bits per heavy atom. The maximum Gasteiger partial charge on any atom is 0.266 e. The Hall–Kier alpha value is -3.62. The highest BCUT2D eigenvalue weighted by Crippen LogP contribution is 2.39. The Labute approximate surface area is 198 Å². The first-order valence-electron chi connectivity index (χ1n) is 9.51. The highest BCUT2D eigenvalue weighted by Gasteiger charge is 2.25. The number of aromatic nitrogens is 4. The quantitative estimate of drug-likeness (QED) is 0.376. The average Bonchev–Trinajstić information content (AvgIpc) is 3.19. The number of anilines is 3. The molecule has 0 spiro atoms. The molecule has 1 aromatic carbocycles. The fourth-order valence-corrected chi connectivity index (χ4v) is 4.68. The second-order valence-electron chi connectivity index (χ2n) is 6.86. The number of fused-ring (bicyclic) bond motifs is 1. The first-order valence-corrected chi connectivity index (χ1v) is 11.4. The monoisotopic (exact) mass is 506 g/mol. The molecule has 0 aliphatic carbocycles. The maximum absolute atomic E-state index is 14.5. The van der Waals surface area contributed by atoms with Gasteiger partial charge >= 0.3 is 0 Å². The standard InChI is InChI=1S/C20H16F2N6O4S2/c1-9-16-19(27-20(24-9)25-10(2)29)33-18(26-16)11-6-15(17(32-3)23-8-11)28(34(30)31)14-5-4-12(21)7-13(14)22/h4-8H,1-3H3,(H,30,31)(H,24,25,27,29). The fraction of sp³-hybridized carbons (Fsp3) is 0.150. The van der Waals surface area contributed by atoms with Crippen molar-refractivity contribution in [2.75, 3.05) is 16.7 Å². The number of hydrogen-bond donors (Lipinski definition) is 2. The number of thiazole rings is 1. The van der Waals surface area contributed by atoms with Gasteiger partial charge in [0, 0.05) is 24.8 Å². The number of benzene rings is 1. The van der Waals surface area contributed by atoms with E-state index < -0.39 is 22.9 Å². The first-order chi connectivity index (χ1) is 16.2. The molecule has 3 aromatic heterocycles. The molecule has 10 nitrogen and oxygen atoms in total. The molecule has 0 bridgehead atoms. The number of pyridine rings is 1. The normalized spacial score (nSPS) is 11.9. The summed E-state index contributed by atoms with van der Waals surface area (Å²) in [6.07, 6.45) is 1.43. The summed E-state index contributed by atoms with van der Waals surface area (Å²) in [7, 11) is 1.30. The second kappa shape index (κ2) is 9.32. The third-order valence-corrected chi connectivity index (χ3v) is 6.20. The molecule has 0 saturated carbocycles. The van der Waals surface area contributed by atoms with Gasteiger partial charge in [-0.1, -0.05) is 11.3 Å². The lowest BCUT2D eigenvalue weighted by molar-refractivity contribution is -0.114. The van der Waals surface area contributed by atoms with Gasteiger partial charge in [-0.3, -0.25) is 14.7 Å². The van der Waals surface area contributed by atoms with Crippen LogP contribution in [0.3, 0.4) is 0 Å². The number of rotatable bonds is 6. The molecule has 1 atom stereocenters. The van der Waals surface area contributed by atoms with Crippen molar-refractivity contribution in [3.63, 3.8) is 0 Å². The molecule has 4 aromatic rings. The molecule has 1 unspecified atom stereocenters. The van der Waals surface area contributed by atoms with Crippen molar-refractivity contribution in [2.45, 2.75) is 13.8 Å². The number of amides is 1. The van der Waals surface area contributed by atoms with Crippen molar-refractivity contribution >= 4 is 56.2 Å². The molecular weight excluding hydrogens is 490 g/mol. The van der Waals surface area contributed by atoms with Crippen LogP contribution in [0.15, 0.2) is 30.5 Å². The van der Waals surface area contributed by atoms with E-state index in [1.165, 1.54) is 37.6 Å². The van der Waals surface area contributed by atoms with Crippen LogP contribution in [-0.2, 0) is 16.1 Å². The highest BCUT2D eigenvalue weighted by atomic mass is 32.2. The van der Waals surface area contributed by atoms with E-state index in [0.717, 1.165) is 16.4 Å². The van der Waals surface area contributed by atoms with Crippen molar-refractivity contribution in [3.05, 3.63) is 47.8 Å². The molecule has 0 radical (unpaired) electrons. The van der Waals surface area contributed by atoms with Gasteiger partial charge in [0.2, 0.25) is 17.7 Å². The van der Waals surface area contributed by atoms with Crippen LogP contribution in [0.4, 0.5) is 26.1 Å². The van der Waals surface area contributed by atoms with E-state index in [2.05, 4.69) is 25.3 Å². The Balaban J connectivity index is 1.85. The van der Waals surface area contributed by atoms with E-state index >= 15 is 0 Å². The second-order valence-corrected chi connectivity index (χ2v) is 8.66. The molecule has 2 N–H and O–H groups in total. The van der Waals surface area contributed by atoms with Gasteiger partial charge in [0.1, 0.15) is 26.9 Å². The summed E-state index contributed by atoms with van der Waals surface area (Å²) >= 11 is -1.58. The number of nitrogens with zero attached hydrogens (tertiary/aromatic N) is 5. The van der Waals surface area contributed by atoms with Gasteiger partial charge in [-0.25, -0.2) is 32.2 Å². The van der Waals surface area contributed by atoms with Crippen LogP contribution in [0.2, 0.25) is 0 Å². The van der Waals surface area contributed by atoms with Crippen molar-refractivity contribution < 1.29 is 27.1 Å². The molecule has 4 rings (SSSR count). The molecule has 3 heterocycles. The minimum Gasteiger partial charge on any atom is -0.479 e. The number of carbonyl (C=O) groups is 1. The summed E-state index contributed by atoms with van der Waals surface area (Å²) in [6.45, 7) is 3.05. The van der Waals surface area contributed by atoms with E-state index in [9.17, 15) is 22.3 Å². The highest BCUT2D eigenvalue weighted by molar-refractivity contribution is 7.81. The van der Waals surface area contributed by atoms with Crippen LogP contribution in [-0.4, -0.2) is 41.7 Å². The predicted octanol–water partition coefficient (Wildman–Crippen LogP) is 3.98. The molecule has 0 aliphatic heterocycles. The summed E-state index contributed by atoms with van der Waals surface area (Å²) in [4.78, 5) is 29.0. The van der Waals surface area contributed by atoms with Crippen molar-refractivity contribution in [2.24, 2.45) is 0 Å². The number of aryl methyl sites for hydroxylation is 1. The number of methoxy groups -OCH3 is 1. The number of halogens is 2. The topological polar surface area (TPSA) is 130 Å². The van der Waals surface area contributed by atoms with E-state index in [0.29, 0.717) is 32.7 Å². The summed E-state index contributed by atoms with van der Waals surface area (Å²) < 4.78 is 55.9. The maximum atomic E-state index is 14.5. The van der Waals surface area contributed by atoms with Gasteiger partial charge < -0.3 is 4.74 Å². The average molecular weight is 507 g/mol. The fourth-order valence-electron chi connectivity index (χ4n) is 3.10. The minimum absolute atomic E-state index is 0.0488. The van der Waals surface area contributed by atoms with Gasteiger partial charge in [0.25, 0.3) is 11.3 Å². The Bertz CT molecular complexity index is 1450. The number of carbonyl (C=O) groups excluding carboxylic acids is 1. The van der Waals surface area contributed by atoms with Crippen LogP contribution in [0.1, 0.15) is 12.6 Å². The van der Waals surface area contributed by atoms with E-state index in [1.54, 1.807) is 6.92 Å². The summed E-state index contributed by atoms with van der Waals surface area (Å²) in [6, 6.07) is 4.04. The van der Waals surface area contributed by atoms with Gasteiger partial charge in [-0.15, -0.1) is 0 Å². The molecule has 0 aliphatic rings. The minimum atomic E-state index is -2.75. The van der Waals surface area contributed by atoms with Gasteiger partial charge in [-0.2, -0.15) is 4.98 Å². The largest absolute Gasteiger partial charge is 0.479 e. The number of hydrogen-bond acceptors (Lipinski definition) is 8. The zero-order valence-corrected chi connectivity index (χ0v) is 19.5. The van der Waals surface area contributed by atoms with Crippen LogP contribution in [0.25, 0.3) is 20.9 Å². The van der Waals surface area contributed by atoms with E-state index in [4.69, 9.17) is 4.74 Å². The molecule has 0 saturated heterocycles. The lowest BCUT2D eigenvalue weighted by atomic mass is 10.2. The lowest BCUT2D eigenvalue weighted by Gasteiger charge is -2.22. The number of nitrogens with one attached hydrogen (secondary N) is 1. The molecule has 14 heteroatoms. The molecule has 0 fully saturated rings. The van der Waals surface area contributed by atoms with Gasteiger partial charge in [0.05, 0.1) is 18.5 Å². The number of ether oxygens (including phenoxy) is 1. The lowest BCUT2D eigenvalue weighted by Crippen LogP contribution is -2.21. The zero-order chi connectivity index (χ0) is 24.6. The Kier molecular flexibility index (Phi) is 6.45. The Morgan fingerprint density at radius 3 is 2.62 bits per heavy atom. The van der Waals surface area contributed by atoms with Crippen LogP contribution in [0, 0.1) is 18.6 Å². The Morgan fingerprint density at radius 2 is 1.97 bits per heavy atom. The summed E-state index contributed by atoms with van der Waals surface area (Å²) in [5.41, 5.74) is 1.04. The first kappa shape index (κ1) is 23.5. The van der Waals surface area contributed by atoms with Crippen LogP contribution in [0.5, 0.6) is 5.88 Å². The van der Waals surface area contributed by atoms with E-state index in [1.807, 2.05) is 0 Å². The van der Waals surface area contributed by atoms with Crippen molar-refractivity contribution in [3.8, 4) is 16.5 Å². The van der Waals surface area contributed by atoms with Crippen LogP contribution < -0.4 is 14.4 Å². The molecule has 1 amide bonds. The predicted molar refractivity (Wildman–Crippen MR) is 123 cm³/mol. The smallest absolute Gasteiger partial charge is 0.266 e. The third-order valence-electron chi connectivity index (χ3n) is 4.50. The van der Waals surface area contributed by atoms with Gasteiger partial charge in [-0.05, 0) is 25.1 Å². The van der Waals surface area contributed by atoms with Crippen molar-refractivity contribution in [1.29, 1.82) is 0 Å². The third kappa shape index (κ3) is 4.55. The SMILES string of the molecule is COc1ncc(-c2nc3c(C)nc(NC(C)=O)nc3s2)cc1N(c1ccc(F)cc1F)S(=O)O. The van der Waals surface area contributed by atoms with Gasteiger partial charge in [0.15, 0.2) is 5.82 Å².